The monoisotopic (exact) mass is 272 g/mol. The first-order valence-electron chi connectivity index (χ1n) is 6.35. The van der Waals surface area contributed by atoms with Gasteiger partial charge in [-0.25, -0.2) is 4.79 Å². The zero-order valence-electron chi connectivity index (χ0n) is 10.4. The molecule has 0 N–H and O–H groups in total. The normalized spacial score (nSPS) is 17.2. The third-order valence-corrected chi connectivity index (χ3v) is 3.25. The van der Waals surface area contributed by atoms with Gasteiger partial charge in [-0.3, -0.25) is 0 Å². The fraction of sp³-hybridized carbons (Fsp3) is 0.500. The van der Waals surface area contributed by atoms with Crippen molar-refractivity contribution >= 4 is 5.97 Å². The van der Waals surface area contributed by atoms with E-state index < -0.39 is 17.7 Å². The molecule has 1 aromatic rings. The Morgan fingerprint density at radius 3 is 2.47 bits per heavy atom. The van der Waals surface area contributed by atoms with Crippen LogP contribution in [0.1, 0.15) is 48.0 Å². The van der Waals surface area contributed by atoms with Crippen LogP contribution in [0.5, 0.6) is 0 Å². The van der Waals surface area contributed by atoms with Crippen LogP contribution in [0.15, 0.2) is 24.3 Å². The Labute approximate surface area is 109 Å². The smallest absolute Gasteiger partial charge is 0.416 e. The molecule has 0 heterocycles. The molecule has 5 heteroatoms. The van der Waals surface area contributed by atoms with Crippen LogP contribution in [0.3, 0.4) is 0 Å². The number of hydrogen-bond donors (Lipinski definition) is 0. The van der Waals surface area contributed by atoms with Crippen molar-refractivity contribution in [2.24, 2.45) is 0 Å². The number of alkyl halides is 3. The number of esters is 1. The lowest BCUT2D eigenvalue weighted by molar-refractivity contribution is -0.137. The highest BCUT2D eigenvalue weighted by molar-refractivity contribution is 5.89. The second-order valence-electron chi connectivity index (χ2n) is 4.74. The van der Waals surface area contributed by atoms with Crippen LogP contribution in [-0.4, -0.2) is 12.1 Å². The maximum Gasteiger partial charge on any atom is 0.416 e. The molecule has 0 bridgehead atoms. The predicted octanol–water partition coefficient (Wildman–Crippen LogP) is 4.19. The summed E-state index contributed by atoms with van der Waals surface area (Å²) in [5.74, 6) is -0.669. The Bertz CT molecular complexity index is 448. The lowest BCUT2D eigenvalue weighted by Gasteiger charge is -2.21. The van der Waals surface area contributed by atoms with Crippen molar-refractivity contribution in [1.29, 1.82) is 0 Å². The first-order chi connectivity index (χ1) is 8.97. The van der Waals surface area contributed by atoms with Crippen LogP contribution in [0.2, 0.25) is 0 Å². The molecule has 0 aromatic heterocycles. The highest BCUT2D eigenvalue weighted by Crippen LogP contribution is 2.30. The fourth-order valence-corrected chi connectivity index (χ4v) is 2.22. The summed E-state index contributed by atoms with van der Waals surface area (Å²) in [6.45, 7) is 0. The molecule has 0 atom stereocenters. The third-order valence-electron chi connectivity index (χ3n) is 3.25. The molecule has 1 aromatic carbocycles. The second-order valence-corrected chi connectivity index (χ2v) is 4.74. The molecule has 19 heavy (non-hydrogen) atoms. The lowest BCUT2D eigenvalue weighted by atomic mass is 9.98. The molecule has 0 spiro atoms. The van der Waals surface area contributed by atoms with E-state index in [1.165, 1.54) is 12.1 Å². The number of halogens is 3. The van der Waals surface area contributed by atoms with E-state index in [1.54, 1.807) is 0 Å². The molecule has 1 aliphatic carbocycles. The van der Waals surface area contributed by atoms with Crippen LogP contribution in [0.4, 0.5) is 13.2 Å². The Morgan fingerprint density at radius 1 is 1.16 bits per heavy atom. The van der Waals surface area contributed by atoms with Crippen molar-refractivity contribution in [1.82, 2.24) is 0 Å². The Kier molecular flexibility index (Phi) is 4.12. The van der Waals surface area contributed by atoms with Crippen molar-refractivity contribution in [2.45, 2.75) is 44.4 Å². The molecule has 0 radical (unpaired) electrons. The third kappa shape index (κ3) is 3.72. The van der Waals surface area contributed by atoms with E-state index in [0.717, 1.165) is 44.2 Å². The van der Waals surface area contributed by atoms with Crippen molar-refractivity contribution in [3.8, 4) is 0 Å². The van der Waals surface area contributed by atoms with Crippen LogP contribution in [0, 0.1) is 0 Å². The van der Waals surface area contributed by atoms with E-state index in [0.29, 0.717) is 0 Å². The van der Waals surface area contributed by atoms with Crippen molar-refractivity contribution in [3.63, 3.8) is 0 Å². The maximum atomic E-state index is 12.5. The number of ether oxygens (including phenoxy) is 1. The molecule has 0 aliphatic heterocycles. The van der Waals surface area contributed by atoms with Crippen molar-refractivity contribution in [2.75, 3.05) is 0 Å². The van der Waals surface area contributed by atoms with Gasteiger partial charge in [-0.05, 0) is 43.9 Å². The highest BCUT2D eigenvalue weighted by Gasteiger charge is 2.31. The zero-order chi connectivity index (χ0) is 13.9. The number of carbonyl (C=O) groups is 1. The van der Waals surface area contributed by atoms with Crippen LogP contribution in [0.25, 0.3) is 0 Å². The van der Waals surface area contributed by atoms with E-state index in [2.05, 4.69) is 0 Å². The Hall–Kier alpha value is -1.52. The number of hydrogen-bond acceptors (Lipinski definition) is 2. The summed E-state index contributed by atoms with van der Waals surface area (Å²) >= 11 is 0. The molecule has 104 valence electrons. The van der Waals surface area contributed by atoms with Gasteiger partial charge >= 0.3 is 12.1 Å². The molecule has 2 nitrogen and oxygen atoms in total. The van der Waals surface area contributed by atoms with E-state index in [4.69, 9.17) is 4.74 Å². The minimum atomic E-state index is -4.44. The fourth-order valence-electron chi connectivity index (χ4n) is 2.22. The van der Waals surface area contributed by atoms with Gasteiger partial charge in [-0.2, -0.15) is 13.2 Å². The van der Waals surface area contributed by atoms with Gasteiger partial charge in [0.2, 0.25) is 0 Å². The quantitative estimate of drug-likeness (QED) is 0.754. The lowest BCUT2D eigenvalue weighted by Crippen LogP contribution is -2.21. The summed E-state index contributed by atoms with van der Waals surface area (Å²) < 4.78 is 42.9. The average Bonchev–Trinajstić information content (AvgIpc) is 2.39. The minimum Gasteiger partial charge on any atom is -0.459 e. The first-order valence-corrected chi connectivity index (χ1v) is 6.35. The van der Waals surface area contributed by atoms with Crippen molar-refractivity contribution in [3.05, 3.63) is 35.4 Å². The average molecular weight is 272 g/mol. The van der Waals surface area contributed by atoms with Gasteiger partial charge in [0, 0.05) is 0 Å². The minimum absolute atomic E-state index is 0.0413. The van der Waals surface area contributed by atoms with Gasteiger partial charge in [0.05, 0.1) is 11.1 Å². The Balaban J connectivity index is 2.06. The second kappa shape index (κ2) is 5.63. The van der Waals surface area contributed by atoms with Gasteiger partial charge in [-0.15, -0.1) is 0 Å². The summed E-state index contributed by atoms with van der Waals surface area (Å²) in [6.07, 6.45) is 0.116. The SMILES string of the molecule is O=C(OC1CCCCC1)c1cccc(C(F)(F)F)c1. The first kappa shape index (κ1) is 13.9. The molecule has 1 fully saturated rings. The standard InChI is InChI=1S/C14H15F3O2/c15-14(16,17)11-6-4-5-10(9-11)13(18)19-12-7-2-1-3-8-12/h4-6,9,12H,1-3,7-8H2. The van der Waals surface area contributed by atoms with Crippen LogP contribution in [-0.2, 0) is 10.9 Å². The summed E-state index contributed by atoms with van der Waals surface area (Å²) in [6, 6.07) is 4.35. The maximum absolute atomic E-state index is 12.5. The van der Waals surface area contributed by atoms with E-state index in [9.17, 15) is 18.0 Å². The molecule has 1 saturated carbocycles. The van der Waals surface area contributed by atoms with Gasteiger partial charge in [0.25, 0.3) is 0 Å². The number of carbonyl (C=O) groups excluding carboxylic acids is 1. The van der Waals surface area contributed by atoms with Gasteiger partial charge < -0.3 is 4.74 Å². The van der Waals surface area contributed by atoms with Crippen LogP contribution < -0.4 is 0 Å². The molecular formula is C14H15F3O2. The van der Waals surface area contributed by atoms with Crippen LogP contribution >= 0.6 is 0 Å². The largest absolute Gasteiger partial charge is 0.459 e. The molecule has 0 saturated heterocycles. The molecule has 1 aliphatic rings. The number of rotatable bonds is 2. The van der Waals surface area contributed by atoms with Gasteiger partial charge in [-0.1, -0.05) is 12.5 Å². The highest BCUT2D eigenvalue weighted by atomic mass is 19.4. The summed E-state index contributed by atoms with van der Waals surface area (Å²) in [4.78, 5) is 11.8. The topological polar surface area (TPSA) is 26.3 Å². The summed E-state index contributed by atoms with van der Waals surface area (Å²) in [5, 5.41) is 0. The zero-order valence-corrected chi connectivity index (χ0v) is 10.4. The molecular weight excluding hydrogens is 257 g/mol. The van der Waals surface area contributed by atoms with Gasteiger partial charge in [0.15, 0.2) is 0 Å². The van der Waals surface area contributed by atoms with E-state index in [-0.39, 0.29) is 11.7 Å². The number of benzene rings is 1. The molecule has 0 amide bonds. The summed E-state index contributed by atoms with van der Waals surface area (Å²) in [5.41, 5.74) is -0.869. The molecule has 2 rings (SSSR count). The predicted molar refractivity (Wildman–Crippen MR) is 63.7 cm³/mol. The van der Waals surface area contributed by atoms with Gasteiger partial charge in [0.1, 0.15) is 6.10 Å². The van der Waals surface area contributed by atoms with E-state index >= 15 is 0 Å². The molecule has 0 unspecified atom stereocenters. The van der Waals surface area contributed by atoms with E-state index in [1.807, 2.05) is 0 Å². The Morgan fingerprint density at radius 2 is 1.84 bits per heavy atom. The summed E-state index contributed by atoms with van der Waals surface area (Å²) in [7, 11) is 0. The van der Waals surface area contributed by atoms with Crippen molar-refractivity contribution < 1.29 is 22.7 Å².